The lowest BCUT2D eigenvalue weighted by atomic mass is 10.1. The highest BCUT2D eigenvalue weighted by Crippen LogP contribution is 2.10. The molecule has 0 saturated carbocycles. The Morgan fingerprint density at radius 3 is 2.43 bits per heavy atom. The fraction of sp³-hybridized carbons (Fsp3) is 0.278. The molecular weight excluding hydrogens is 260 g/mol. The molecule has 2 aromatic carbocycles. The number of rotatable bonds is 6. The van der Waals surface area contributed by atoms with Crippen LogP contribution in [0.5, 0.6) is 0 Å². The molecule has 0 spiro atoms. The van der Waals surface area contributed by atoms with Crippen molar-refractivity contribution >= 4 is 5.91 Å². The second-order valence-corrected chi connectivity index (χ2v) is 5.22. The maximum Gasteiger partial charge on any atom is 0.234 e. The highest BCUT2D eigenvalue weighted by Gasteiger charge is 2.07. The van der Waals surface area contributed by atoms with Crippen LogP contribution in [-0.2, 0) is 11.3 Å². The minimum absolute atomic E-state index is 0.0148. The molecule has 2 N–H and O–H groups in total. The van der Waals surface area contributed by atoms with Crippen molar-refractivity contribution in [3.8, 4) is 0 Å². The van der Waals surface area contributed by atoms with Crippen molar-refractivity contribution in [2.24, 2.45) is 0 Å². The van der Waals surface area contributed by atoms with Gasteiger partial charge in [-0.2, -0.15) is 0 Å². The van der Waals surface area contributed by atoms with E-state index in [1.54, 1.807) is 0 Å². The lowest BCUT2D eigenvalue weighted by Gasteiger charge is -2.14. The molecule has 1 amide bonds. The van der Waals surface area contributed by atoms with Gasteiger partial charge in [0, 0.05) is 12.6 Å². The number of amides is 1. The molecule has 0 aliphatic carbocycles. The summed E-state index contributed by atoms with van der Waals surface area (Å²) in [6.45, 7) is 5.01. The monoisotopic (exact) mass is 282 g/mol. The summed E-state index contributed by atoms with van der Waals surface area (Å²) >= 11 is 0. The van der Waals surface area contributed by atoms with E-state index in [1.165, 1.54) is 11.1 Å². The van der Waals surface area contributed by atoms with Gasteiger partial charge in [0.1, 0.15) is 0 Å². The molecule has 0 bridgehead atoms. The van der Waals surface area contributed by atoms with Gasteiger partial charge < -0.3 is 10.6 Å². The molecule has 0 heterocycles. The Morgan fingerprint density at radius 1 is 1.05 bits per heavy atom. The second kappa shape index (κ2) is 7.60. The lowest BCUT2D eigenvalue weighted by molar-refractivity contribution is -0.120. The molecule has 0 fully saturated rings. The third-order valence-corrected chi connectivity index (χ3v) is 3.61. The van der Waals surface area contributed by atoms with Crippen LogP contribution in [0.3, 0.4) is 0 Å². The maximum atomic E-state index is 11.9. The van der Waals surface area contributed by atoms with E-state index in [0.29, 0.717) is 13.1 Å². The van der Waals surface area contributed by atoms with E-state index in [1.807, 2.05) is 36.4 Å². The molecule has 0 unspecified atom stereocenters. The quantitative estimate of drug-likeness (QED) is 0.855. The third-order valence-electron chi connectivity index (χ3n) is 3.61. The number of nitrogens with one attached hydrogen (secondary N) is 2. The average molecular weight is 282 g/mol. The van der Waals surface area contributed by atoms with Gasteiger partial charge >= 0.3 is 0 Å². The minimum atomic E-state index is 0.0148. The van der Waals surface area contributed by atoms with Crippen molar-refractivity contribution in [1.82, 2.24) is 10.6 Å². The molecule has 1 atom stereocenters. The molecule has 3 nitrogen and oxygen atoms in total. The van der Waals surface area contributed by atoms with Crippen molar-refractivity contribution in [1.29, 1.82) is 0 Å². The SMILES string of the molecule is Cc1ccccc1CNC(=O)CN[C@@H](C)c1ccccc1. The van der Waals surface area contributed by atoms with Gasteiger partial charge in [0.2, 0.25) is 5.91 Å². The summed E-state index contributed by atoms with van der Waals surface area (Å²) in [5.74, 6) is 0.0148. The van der Waals surface area contributed by atoms with E-state index in [2.05, 4.69) is 42.7 Å². The molecule has 0 radical (unpaired) electrons. The number of carbonyl (C=O) groups is 1. The van der Waals surface area contributed by atoms with Crippen LogP contribution >= 0.6 is 0 Å². The molecule has 0 saturated heterocycles. The summed E-state index contributed by atoms with van der Waals surface area (Å²) in [4.78, 5) is 11.9. The van der Waals surface area contributed by atoms with Crippen molar-refractivity contribution in [2.75, 3.05) is 6.54 Å². The molecule has 2 aromatic rings. The van der Waals surface area contributed by atoms with Crippen LogP contribution in [0.4, 0.5) is 0 Å². The van der Waals surface area contributed by atoms with E-state index in [9.17, 15) is 4.79 Å². The van der Waals surface area contributed by atoms with Crippen LogP contribution in [-0.4, -0.2) is 12.5 Å². The predicted molar refractivity (Wildman–Crippen MR) is 85.9 cm³/mol. The van der Waals surface area contributed by atoms with Crippen molar-refractivity contribution in [3.63, 3.8) is 0 Å². The van der Waals surface area contributed by atoms with Crippen LogP contribution in [0.2, 0.25) is 0 Å². The average Bonchev–Trinajstić information content (AvgIpc) is 2.52. The molecule has 3 heteroatoms. The fourth-order valence-electron chi connectivity index (χ4n) is 2.17. The summed E-state index contributed by atoms with van der Waals surface area (Å²) in [5, 5.41) is 6.18. The zero-order valence-corrected chi connectivity index (χ0v) is 12.6. The Kier molecular flexibility index (Phi) is 5.52. The van der Waals surface area contributed by atoms with E-state index in [4.69, 9.17) is 0 Å². The van der Waals surface area contributed by atoms with Gasteiger partial charge in [-0.25, -0.2) is 0 Å². The smallest absolute Gasteiger partial charge is 0.234 e. The first-order valence-corrected chi connectivity index (χ1v) is 7.26. The topological polar surface area (TPSA) is 41.1 Å². The zero-order chi connectivity index (χ0) is 15.1. The predicted octanol–water partition coefficient (Wildman–Crippen LogP) is 2.96. The molecule has 21 heavy (non-hydrogen) atoms. The third kappa shape index (κ3) is 4.72. The number of hydrogen-bond acceptors (Lipinski definition) is 2. The Balaban J connectivity index is 1.76. The molecule has 2 rings (SSSR count). The highest BCUT2D eigenvalue weighted by molar-refractivity contribution is 5.78. The standard InChI is InChI=1S/C18H22N2O/c1-14-8-6-7-11-17(14)12-20-18(21)13-19-15(2)16-9-4-3-5-10-16/h3-11,15,19H,12-13H2,1-2H3,(H,20,21)/t15-/m0/s1. The molecule has 0 aromatic heterocycles. The van der Waals surface area contributed by atoms with Crippen molar-refractivity contribution in [3.05, 3.63) is 71.3 Å². The van der Waals surface area contributed by atoms with Crippen molar-refractivity contribution in [2.45, 2.75) is 26.4 Å². The van der Waals surface area contributed by atoms with Crippen LogP contribution in [0, 0.1) is 6.92 Å². The first kappa shape index (κ1) is 15.3. The zero-order valence-electron chi connectivity index (χ0n) is 12.6. The van der Waals surface area contributed by atoms with Gasteiger partial charge in [-0.15, -0.1) is 0 Å². The summed E-state index contributed by atoms with van der Waals surface area (Å²) in [6, 6.07) is 18.4. The van der Waals surface area contributed by atoms with Gasteiger partial charge in [0.15, 0.2) is 0 Å². The second-order valence-electron chi connectivity index (χ2n) is 5.22. The largest absolute Gasteiger partial charge is 0.351 e. The summed E-state index contributed by atoms with van der Waals surface area (Å²) in [7, 11) is 0. The summed E-state index contributed by atoms with van der Waals surface area (Å²) in [6.07, 6.45) is 0. The number of aryl methyl sites for hydroxylation is 1. The van der Waals surface area contributed by atoms with Crippen LogP contribution < -0.4 is 10.6 Å². The Hall–Kier alpha value is -2.13. The van der Waals surface area contributed by atoms with E-state index in [-0.39, 0.29) is 11.9 Å². The molecule has 0 aliphatic heterocycles. The minimum Gasteiger partial charge on any atom is -0.351 e. The fourth-order valence-corrected chi connectivity index (χ4v) is 2.17. The number of carbonyl (C=O) groups excluding carboxylic acids is 1. The highest BCUT2D eigenvalue weighted by atomic mass is 16.1. The lowest BCUT2D eigenvalue weighted by Crippen LogP contribution is -2.34. The number of hydrogen-bond donors (Lipinski definition) is 2. The number of benzene rings is 2. The molecule has 0 aliphatic rings. The van der Waals surface area contributed by atoms with Gasteiger partial charge in [-0.05, 0) is 30.5 Å². The molecule has 110 valence electrons. The summed E-state index contributed by atoms with van der Waals surface area (Å²) < 4.78 is 0. The van der Waals surface area contributed by atoms with Gasteiger partial charge in [0.05, 0.1) is 6.54 Å². The molecular formula is C18H22N2O. The van der Waals surface area contributed by atoms with Gasteiger partial charge in [0.25, 0.3) is 0 Å². The van der Waals surface area contributed by atoms with Crippen molar-refractivity contribution < 1.29 is 4.79 Å². The Morgan fingerprint density at radius 2 is 1.71 bits per heavy atom. The Bertz CT molecular complexity index is 581. The van der Waals surface area contributed by atoms with E-state index >= 15 is 0 Å². The first-order valence-electron chi connectivity index (χ1n) is 7.26. The normalized spacial score (nSPS) is 11.9. The van der Waals surface area contributed by atoms with Crippen LogP contribution in [0.15, 0.2) is 54.6 Å². The van der Waals surface area contributed by atoms with Gasteiger partial charge in [-0.1, -0.05) is 54.6 Å². The van der Waals surface area contributed by atoms with Crippen LogP contribution in [0.1, 0.15) is 29.7 Å². The summed E-state index contributed by atoms with van der Waals surface area (Å²) in [5.41, 5.74) is 3.54. The Labute approximate surface area is 126 Å². The first-order chi connectivity index (χ1) is 10.2. The van der Waals surface area contributed by atoms with E-state index < -0.39 is 0 Å². The van der Waals surface area contributed by atoms with Crippen LogP contribution in [0.25, 0.3) is 0 Å². The maximum absolute atomic E-state index is 11.9. The van der Waals surface area contributed by atoms with E-state index in [0.717, 1.165) is 5.56 Å². The van der Waals surface area contributed by atoms with Gasteiger partial charge in [-0.3, -0.25) is 4.79 Å².